The minimum atomic E-state index is -0.452. The van der Waals surface area contributed by atoms with E-state index in [0.29, 0.717) is 6.54 Å². The molecule has 2 atom stereocenters. The van der Waals surface area contributed by atoms with Gasteiger partial charge in [0.1, 0.15) is 5.75 Å². The number of hydrogen-bond acceptors (Lipinski definition) is 3. The molecule has 0 aromatic heterocycles. The van der Waals surface area contributed by atoms with Crippen LogP contribution in [0.5, 0.6) is 5.75 Å². The summed E-state index contributed by atoms with van der Waals surface area (Å²) in [5, 5.41) is 0. The van der Waals surface area contributed by atoms with Gasteiger partial charge >= 0.3 is 0 Å². The quantitative estimate of drug-likeness (QED) is 0.841. The Labute approximate surface area is 113 Å². The number of hydrogen-bond donors (Lipinski definition) is 1. The van der Waals surface area contributed by atoms with Crippen molar-refractivity contribution in [2.24, 2.45) is 5.73 Å². The molecule has 2 N–H and O–H groups in total. The number of benzene rings is 1. The van der Waals surface area contributed by atoms with E-state index in [0.717, 1.165) is 23.4 Å². The summed E-state index contributed by atoms with van der Waals surface area (Å²) in [6.45, 7) is 7.91. The second kappa shape index (κ2) is 5.45. The van der Waals surface area contributed by atoms with Gasteiger partial charge in [-0.1, -0.05) is 12.1 Å². The van der Waals surface area contributed by atoms with Crippen molar-refractivity contribution in [2.75, 3.05) is 11.4 Å². The van der Waals surface area contributed by atoms with Crippen LogP contribution in [-0.2, 0) is 11.2 Å². The number of nitrogens with zero attached hydrogens (tertiary/aromatic N) is 1. The highest BCUT2D eigenvalue weighted by Crippen LogP contribution is 2.35. The monoisotopic (exact) mass is 260 g/mol. The lowest BCUT2D eigenvalue weighted by molar-refractivity contribution is -0.125. The molecule has 0 aliphatic carbocycles. The third kappa shape index (κ3) is 2.79. The predicted molar refractivity (Wildman–Crippen MR) is 76.4 cm³/mol. The average molecular weight is 260 g/mol. The molecule has 1 aliphatic heterocycles. The van der Waals surface area contributed by atoms with E-state index in [1.54, 1.807) is 17.9 Å². The Hall–Kier alpha value is -1.81. The maximum atomic E-state index is 12.1. The SMILES string of the molecule is C=CCN1C(=O)C(C)Oc2ccc(CC(C)N)cc21. The molecule has 1 aliphatic rings. The van der Waals surface area contributed by atoms with Crippen LogP contribution >= 0.6 is 0 Å². The third-order valence-electron chi connectivity index (χ3n) is 3.10. The molecule has 2 rings (SSSR count). The Kier molecular flexibility index (Phi) is 3.90. The highest BCUT2D eigenvalue weighted by Gasteiger charge is 2.30. The van der Waals surface area contributed by atoms with E-state index >= 15 is 0 Å². The molecule has 1 heterocycles. The number of ether oxygens (including phenoxy) is 1. The Balaban J connectivity index is 2.39. The molecule has 0 radical (unpaired) electrons. The average Bonchev–Trinajstić information content (AvgIpc) is 2.35. The van der Waals surface area contributed by atoms with Crippen LogP contribution in [0, 0.1) is 0 Å². The number of amides is 1. The maximum absolute atomic E-state index is 12.1. The molecule has 1 amide bonds. The van der Waals surface area contributed by atoms with Crippen molar-refractivity contribution < 1.29 is 9.53 Å². The zero-order valence-corrected chi connectivity index (χ0v) is 11.4. The van der Waals surface area contributed by atoms with Gasteiger partial charge in [0.25, 0.3) is 5.91 Å². The van der Waals surface area contributed by atoms with Gasteiger partial charge in [-0.25, -0.2) is 0 Å². The van der Waals surface area contributed by atoms with Gasteiger partial charge in [0.15, 0.2) is 6.10 Å². The van der Waals surface area contributed by atoms with Gasteiger partial charge in [0.05, 0.1) is 5.69 Å². The molecule has 4 nitrogen and oxygen atoms in total. The Morgan fingerprint density at radius 2 is 2.32 bits per heavy atom. The molecular weight excluding hydrogens is 240 g/mol. The lowest BCUT2D eigenvalue weighted by Gasteiger charge is -2.32. The Morgan fingerprint density at radius 1 is 1.58 bits per heavy atom. The fourth-order valence-electron chi connectivity index (χ4n) is 2.27. The van der Waals surface area contributed by atoms with Crippen molar-refractivity contribution in [3.05, 3.63) is 36.4 Å². The van der Waals surface area contributed by atoms with E-state index in [4.69, 9.17) is 10.5 Å². The van der Waals surface area contributed by atoms with E-state index in [9.17, 15) is 4.79 Å². The summed E-state index contributed by atoms with van der Waals surface area (Å²) < 4.78 is 5.62. The van der Waals surface area contributed by atoms with Crippen LogP contribution in [0.2, 0.25) is 0 Å². The van der Waals surface area contributed by atoms with E-state index < -0.39 is 6.10 Å². The van der Waals surface area contributed by atoms with Crippen LogP contribution in [-0.4, -0.2) is 24.6 Å². The first-order valence-corrected chi connectivity index (χ1v) is 6.50. The van der Waals surface area contributed by atoms with Gasteiger partial charge in [-0.15, -0.1) is 6.58 Å². The molecule has 0 spiro atoms. The molecule has 0 fully saturated rings. The van der Waals surface area contributed by atoms with Crippen LogP contribution < -0.4 is 15.4 Å². The summed E-state index contributed by atoms with van der Waals surface area (Å²) in [6, 6.07) is 5.97. The summed E-state index contributed by atoms with van der Waals surface area (Å²) in [7, 11) is 0. The molecule has 2 unspecified atom stereocenters. The summed E-state index contributed by atoms with van der Waals surface area (Å²) >= 11 is 0. The van der Waals surface area contributed by atoms with Crippen LogP contribution in [0.3, 0.4) is 0 Å². The summed E-state index contributed by atoms with van der Waals surface area (Å²) in [5.74, 6) is 0.702. The minimum absolute atomic E-state index is 0.0367. The highest BCUT2D eigenvalue weighted by atomic mass is 16.5. The van der Waals surface area contributed by atoms with Crippen LogP contribution in [0.4, 0.5) is 5.69 Å². The fourth-order valence-corrected chi connectivity index (χ4v) is 2.27. The second-order valence-corrected chi connectivity index (χ2v) is 4.98. The smallest absolute Gasteiger partial charge is 0.268 e. The Bertz CT molecular complexity index is 497. The Morgan fingerprint density at radius 3 is 2.95 bits per heavy atom. The summed E-state index contributed by atoms with van der Waals surface area (Å²) in [4.78, 5) is 13.8. The number of anilines is 1. The van der Waals surface area contributed by atoms with Crippen molar-refractivity contribution in [3.63, 3.8) is 0 Å². The van der Waals surface area contributed by atoms with Crippen LogP contribution in [0.1, 0.15) is 19.4 Å². The number of carbonyl (C=O) groups is 1. The molecule has 1 aromatic rings. The van der Waals surface area contributed by atoms with E-state index in [1.807, 2.05) is 25.1 Å². The van der Waals surface area contributed by atoms with Crippen LogP contribution in [0.25, 0.3) is 0 Å². The van der Waals surface area contributed by atoms with Gasteiger partial charge in [0, 0.05) is 12.6 Å². The third-order valence-corrected chi connectivity index (χ3v) is 3.10. The molecule has 19 heavy (non-hydrogen) atoms. The summed E-state index contributed by atoms with van der Waals surface area (Å²) in [5.41, 5.74) is 7.73. The topological polar surface area (TPSA) is 55.6 Å². The number of nitrogens with two attached hydrogens (primary N) is 1. The van der Waals surface area contributed by atoms with Crippen molar-refractivity contribution in [1.29, 1.82) is 0 Å². The minimum Gasteiger partial charge on any atom is -0.479 e. The largest absolute Gasteiger partial charge is 0.479 e. The molecule has 1 aromatic carbocycles. The van der Waals surface area contributed by atoms with E-state index in [2.05, 4.69) is 6.58 Å². The first kappa shape index (κ1) is 13.6. The number of rotatable bonds is 4. The number of fused-ring (bicyclic) bond motifs is 1. The van der Waals surface area contributed by atoms with Gasteiger partial charge in [0.2, 0.25) is 0 Å². The first-order valence-electron chi connectivity index (χ1n) is 6.50. The summed E-state index contributed by atoms with van der Waals surface area (Å²) in [6.07, 6.45) is 2.04. The molecular formula is C15H20N2O2. The van der Waals surface area contributed by atoms with Gasteiger partial charge in [-0.05, 0) is 38.0 Å². The van der Waals surface area contributed by atoms with E-state index in [1.165, 1.54) is 0 Å². The van der Waals surface area contributed by atoms with Crippen LogP contribution in [0.15, 0.2) is 30.9 Å². The second-order valence-electron chi connectivity index (χ2n) is 4.98. The van der Waals surface area contributed by atoms with Gasteiger partial charge in [-0.2, -0.15) is 0 Å². The fraction of sp³-hybridized carbons (Fsp3) is 0.400. The lowest BCUT2D eigenvalue weighted by atomic mass is 10.0. The van der Waals surface area contributed by atoms with Gasteiger partial charge < -0.3 is 15.4 Å². The van der Waals surface area contributed by atoms with Gasteiger partial charge in [-0.3, -0.25) is 4.79 Å². The maximum Gasteiger partial charge on any atom is 0.268 e. The van der Waals surface area contributed by atoms with Crippen molar-refractivity contribution in [3.8, 4) is 5.75 Å². The van der Waals surface area contributed by atoms with Crippen molar-refractivity contribution >= 4 is 11.6 Å². The highest BCUT2D eigenvalue weighted by molar-refractivity contribution is 6.00. The zero-order valence-electron chi connectivity index (χ0n) is 11.4. The number of carbonyl (C=O) groups excluding carboxylic acids is 1. The molecule has 4 heteroatoms. The molecule has 0 bridgehead atoms. The predicted octanol–water partition coefficient (Wildman–Crippen LogP) is 1.88. The normalized spacial score (nSPS) is 19.6. The lowest BCUT2D eigenvalue weighted by Crippen LogP contribution is -2.44. The molecule has 0 saturated carbocycles. The molecule has 102 valence electrons. The zero-order chi connectivity index (χ0) is 14.0. The van der Waals surface area contributed by atoms with E-state index in [-0.39, 0.29) is 11.9 Å². The standard InChI is InChI=1S/C15H20N2O2/c1-4-7-17-13-9-12(8-10(2)16)5-6-14(13)19-11(3)15(17)18/h4-6,9-11H,1,7-8,16H2,2-3H3. The van der Waals surface area contributed by atoms with Crippen molar-refractivity contribution in [2.45, 2.75) is 32.4 Å². The first-order chi connectivity index (χ1) is 9.02. The molecule has 0 saturated heterocycles. The van der Waals surface area contributed by atoms with Crippen molar-refractivity contribution in [1.82, 2.24) is 0 Å².